The maximum atomic E-state index is 12.4. The summed E-state index contributed by atoms with van der Waals surface area (Å²) in [4.78, 5) is 12.4. The molecule has 0 unspecified atom stereocenters. The van der Waals surface area contributed by atoms with E-state index in [1.807, 2.05) is 0 Å². The summed E-state index contributed by atoms with van der Waals surface area (Å²) in [6.07, 6.45) is 10.1. The third-order valence-corrected chi connectivity index (χ3v) is 8.35. The van der Waals surface area contributed by atoms with E-state index in [1.54, 1.807) is 0 Å². The molecule has 4 aliphatic carbocycles. The highest BCUT2D eigenvalue weighted by Gasteiger charge is 2.60. The van der Waals surface area contributed by atoms with Crippen LogP contribution in [0.2, 0.25) is 0 Å². The Morgan fingerprint density at radius 1 is 1.00 bits per heavy atom. The lowest BCUT2D eigenvalue weighted by Gasteiger charge is -2.60. The molecule has 0 heterocycles. The zero-order valence-corrected chi connectivity index (χ0v) is 13.6. The van der Waals surface area contributed by atoms with Gasteiger partial charge in [0.25, 0.3) is 0 Å². The SMILES string of the molecule is C[C@@]12CC[C@H](O)C[C@H]1CC[C@H]1[C@H]2CC[C@]2(C)C(=O)CC[C@@H]12. The number of carbonyl (C=O) groups is 1. The summed E-state index contributed by atoms with van der Waals surface area (Å²) in [6.45, 7) is 4.78. The molecule has 4 aliphatic rings. The molecule has 0 aromatic heterocycles. The van der Waals surface area contributed by atoms with Crippen molar-refractivity contribution in [3.8, 4) is 0 Å². The van der Waals surface area contributed by atoms with E-state index in [0.29, 0.717) is 17.1 Å². The monoisotopic (exact) mass is 290 g/mol. The topological polar surface area (TPSA) is 37.3 Å². The Morgan fingerprint density at radius 2 is 1.81 bits per heavy atom. The molecule has 2 heteroatoms. The summed E-state index contributed by atoms with van der Waals surface area (Å²) in [6, 6.07) is 0. The molecule has 21 heavy (non-hydrogen) atoms. The molecule has 0 bridgehead atoms. The first kappa shape index (κ1) is 14.2. The third-order valence-electron chi connectivity index (χ3n) is 8.35. The van der Waals surface area contributed by atoms with Crippen LogP contribution in [0.5, 0.6) is 0 Å². The summed E-state index contributed by atoms with van der Waals surface area (Å²) < 4.78 is 0. The Morgan fingerprint density at radius 3 is 2.62 bits per heavy atom. The number of rotatable bonds is 0. The molecule has 0 aromatic carbocycles. The first-order valence-corrected chi connectivity index (χ1v) is 9.16. The third kappa shape index (κ3) is 1.84. The normalized spacial score (nSPS) is 56.5. The lowest BCUT2D eigenvalue weighted by molar-refractivity contribution is -0.142. The predicted molar refractivity (Wildman–Crippen MR) is 82.7 cm³/mol. The molecular formula is C19H30O2. The van der Waals surface area contributed by atoms with Crippen molar-refractivity contribution in [1.82, 2.24) is 0 Å². The Labute approximate surface area is 128 Å². The quantitative estimate of drug-likeness (QED) is 0.733. The van der Waals surface area contributed by atoms with Gasteiger partial charge in [-0.3, -0.25) is 4.79 Å². The first-order chi connectivity index (χ1) is 9.95. The Balaban J connectivity index is 1.64. The van der Waals surface area contributed by atoms with Crippen LogP contribution in [0.15, 0.2) is 0 Å². The van der Waals surface area contributed by atoms with E-state index in [9.17, 15) is 9.90 Å². The summed E-state index contributed by atoms with van der Waals surface area (Å²) in [7, 11) is 0. The molecule has 4 rings (SSSR count). The van der Waals surface area contributed by atoms with Gasteiger partial charge in [0.1, 0.15) is 5.78 Å². The van der Waals surface area contributed by atoms with Crippen molar-refractivity contribution in [2.24, 2.45) is 34.5 Å². The Hall–Kier alpha value is -0.370. The summed E-state index contributed by atoms with van der Waals surface area (Å²) >= 11 is 0. The molecule has 0 saturated heterocycles. The van der Waals surface area contributed by atoms with E-state index in [2.05, 4.69) is 13.8 Å². The van der Waals surface area contributed by atoms with Gasteiger partial charge >= 0.3 is 0 Å². The van der Waals surface area contributed by atoms with Crippen LogP contribution in [0.1, 0.15) is 71.6 Å². The van der Waals surface area contributed by atoms with E-state index in [4.69, 9.17) is 0 Å². The zero-order chi connectivity index (χ0) is 14.8. The van der Waals surface area contributed by atoms with Crippen LogP contribution in [0, 0.1) is 34.5 Å². The molecule has 1 N–H and O–H groups in total. The maximum Gasteiger partial charge on any atom is 0.139 e. The number of aliphatic hydroxyl groups excluding tert-OH is 1. The van der Waals surface area contributed by atoms with Crippen molar-refractivity contribution in [3.63, 3.8) is 0 Å². The second-order valence-corrected chi connectivity index (χ2v) is 9.00. The molecular weight excluding hydrogens is 260 g/mol. The zero-order valence-electron chi connectivity index (χ0n) is 13.6. The molecule has 0 amide bonds. The van der Waals surface area contributed by atoms with E-state index >= 15 is 0 Å². The van der Waals surface area contributed by atoms with Gasteiger partial charge in [-0.1, -0.05) is 13.8 Å². The van der Waals surface area contributed by atoms with Crippen LogP contribution in [0.4, 0.5) is 0 Å². The van der Waals surface area contributed by atoms with Crippen molar-refractivity contribution < 1.29 is 9.90 Å². The van der Waals surface area contributed by atoms with Gasteiger partial charge in [0.15, 0.2) is 0 Å². The largest absolute Gasteiger partial charge is 0.393 e. The molecule has 4 fully saturated rings. The van der Waals surface area contributed by atoms with Crippen molar-refractivity contribution >= 4 is 5.78 Å². The number of hydrogen-bond donors (Lipinski definition) is 1. The first-order valence-electron chi connectivity index (χ1n) is 9.16. The predicted octanol–water partition coefficient (Wildman–Crippen LogP) is 3.96. The minimum Gasteiger partial charge on any atom is -0.393 e. The van der Waals surface area contributed by atoms with Gasteiger partial charge in [0.2, 0.25) is 0 Å². The molecule has 7 atom stereocenters. The Bertz CT molecular complexity index is 458. The van der Waals surface area contributed by atoms with Gasteiger partial charge < -0.3 is 5.11 Å². The molecule has 118 valence electrons. The van der Waals surface area contributed by atoms with Crippen LogP contribution in [-0.2, 0) is 4.79 Å². The highest BCUT2D eigenvalue weighted by molar-refractivity contribution is 5.87. The van der Waals surface area contributed by atoms with Gasteiger partial charge in [-0.05, 0) is 80.5 Å². The van der Waals surface area contributed by atoms with Gasteiger partial charge in [0.05, 0.1) is 6.10 Å². The standard InChI is InChI=1S/C19H30O2/c1-18-9-7-13(20)11-12(18)3-4-14-15-5-6-17(21)19(15,2)10-8-16(14)18/h12-16,20H,3-11H2,1-2H3/t12-,13+,14-,15+,16-,18-,19+/m1/s1. The van der Waals surface area contributed by atoms with Crippen LogP contribution in [0.25, 0.3) is 0 Å². The molecule has 0 radical (unpaired) electrons. The van der Waals surface area contributed by atoms with E-state index in [1.165, 1.54) is 25.7 Å². The van der Waals surface area contributed by atoms with Crippen molar-refractivity contribution in [2.45, 2.75) is 77.7 Å². The highest BCUT2D eigenvalue weighted by atomic mass is 16.3. The van der Waals surface area contributed by atoms with Gasteiger partial charge in [-0.25, -0.2) is 0 Å². The number of ketones is 1. The number of fused-ring (bicyclic) bond motifs is 5. The fourth-order valence-electron chi connectivity index (χ4n) is 7.01. The maximum absolute atomic E-state index is 12.4. The Kier molecular flexibility index (Phi) is 3.10. The van der Waals surface area contributed by atoms with E-state index in [-0.39, 0.29) is 11.5 Å². The molecule has 0 aromatic rings. The minimum absolute atomic E-state index is 0.0124. The van der Waals surface area contributed by atoms with Gasteiger partial charge in [0, 0.05) is 11.8 Å². The number of Topliss-reactive ketones (excluding diaryl/α,β-unsaturated/α-hetero) is 1. The number of hydrogen-bond acceptors (Lipinski definition) is 2. The van der Waals surface area contributed by atoms with Crippen LogP contribution in [-0.4, -0.2) is 17.0 Å². The fraction of sp³-hybridized carbons (Fsp3) is 0.947. The molecule has 4 saturated carbocycles. The molecule has 0 aliphatic heterocycles. The highest BCUT2D eigenvalue weighted by Crippen LogP contribution is 2.65. The average molecular weight is 290 g/mol. The van der Waals surface area contributed by atoms with E-state index in [0.717, 1.165) is 49.9 Å². The smallest absolute Gasteiger partial charge is 0.139 e. The van der Waals surface area contributed by atoms with Gasteiger partial charge in [-0.15, -0.1) is 0 Å². The number of carbonyl (C=O) groups excluding carboxylic acids is 1. The average Bonchev–Trinajstić information content (AvgIpc) is 2.76. The second-order valence-electron chi connectivity index (χ2n) is 9.00. The van der Waals surface area contributed by atoms with Crippen LogP contribution in [0.3, 0.4) is 0 Å². The van der Waals surface area contributed by atoms with Crippen molar-refractivity contribution in [2.75, 3.05) is 0 Å². The summed E-state index contributed by atoms with van der Waals surface area (Å²) in [5, 5.41) is 10.0. The molecule has 0 spiro atoms. The van der Waals surface area contributed by atoms with Crippen LogP contribution < -0.4 is 0 Å². The fourth-order valence-corrected chi connectivity index (χ4v) is 7.01. The summed E-state index contributed by atoms with van der Waals surface area (Å²) in [5.74, 6) is 3.54. The minimum atomic E-state index is -0.0541. The van der Waals surface area contributed by atoms with Crippen molar-refractivity contribution in [1.29, 1.82) is 0 Å². The lowest BCUT2D eigenvalue weighted by atomic mass is 9.45. The van der Waals surface area contributed by atoms with Crippen LogP contribution >= 0.6 is 0 Å². The van der Waals surface area contributed by atoms with Crippen molar-refractivity contribution in [3.05, 3.63) is 0 Å². The van der Waals surface area contributed by atoms with Gasteiger partial charge in [-0.2, -0.15) is 0 Å². The number of aliphatic hydroxyl groups is 1. The lowest BCUT2D eigenvalue weighted by Crippen LogP contribution is -2.54. The second kappa shape index (κ2) is 4.57. The molecule has 2 nitrogen and oxygen atoms in total. The van der Waals surface area contributed by atoms with E-state index < -0.39 is 0 Å². The summed E-state index contributed by atoms with van der Waals surface area (Å²) in [5.41, 5.74) is 0.452.